The van der Waals surface area contributed by atoms with Gasteiger partial charge in [0.2, 0.25) is 5.91 Å². The third-order valence-electron chi connectivity index (χ3n) is 3.34. The monoisotopic (exact) mass is 273 g/mol. The predicted molar refractivity (Wildman–Crippen MR) is 74.9 cm³/mol. The van der Waals surface area contributed by atoms with Crippen LogP contribution in [0.5, 0.6) is 0 Å². The number of amides is 1. The number of hydrogen-bond acceptors (Lipinski definition) is 4. The molecule has 0 unspecified atom stereocenters. The van der Waals surface area contributed by atoms with E-state index in [9.17, 15) is 4.79 Å². The van der Waals surface area contributed by atoms with Gasteiger partial charge in [0.25, 0.3) is 0 Å². The zero-order valence-corrected chi connectivity index (χ0v) is 11.9. The third-order valence-corrected chi connectivity index (χ3v) is 4.39. The summed E-state index contributed by atoms with van der Waals surface area (Å²) >= 11 is 1.96. The van der Waals surface area contributed by atoms with Crippen LogP contribution in [0.4, 0.5) is 0 Å². The van der Waals surface area contributed by atoms with Crippen molar-refractivity contribution in [3.63, 3.8) is 0 Å². The van der Waals surface area contributed by atoms with Crippen molar-refractivity contribution in [2.24, 2.45) is 22.2 Å². The van der Waals surface area contributed by atoms with E-state index in [2.05, 4.69) is 10.5 Å². The molecular formula is C12H23N3O2S. The van der Waals surface area contributed by atoms with Crippen LogP contribution in [0.15, 0.2) is 5.16 Å². The maximum absolute atomic E-state index is 11.8. The minimum absolute atomic E-state index is 0.0608. The molecule has 1 aliphatic heterocycles. The SMILES string of the molecule is CC(C)(CNC(=O)CC1CCSCC1)C(N)=NO. The van der Waals surface area contributed by atoms with Crippen LogP contribution < -0.4 is 11.1 Å². The van der Waals surface area contributed by atoms with E-state index < -0.39 is 5.41 Å². The fourth-order valence-electron chi connectivity index (χ4n) is 1.83. The minimum atomic E-state index is -0.521. The lowest BCUT2D eigenvalue weighted by atomic mass is 9.91. The molecule has 0 saturated carbocycles. The number of thioether (sulfide) groups is 1. The summed E-state index contributed by atoms with van der Waals surface area (Å²) in [5.74, 6) is 3.03. The van der Waals surface area contributed by atoms with Gasteiger partial charge in [-0.25, -0.2) is 0 Å². The molecule has 1 aliphatic rings. The topological polar surface area (TPSA) is 87.7 Å². The van der Waals surface area contributed by atoms with Crippen molar-refractivity contribution in [2.45, 2.75) is 33.1 Å². The molecule has 0 aromatic carbocycles. The zero-order valence-electron chi connectivity index (χ0n) is 11.1. The smallest absolute Gasteiger partial charge is 0.220 e. The van der Waals surface area contributed by atoms with Crippen LogP contribution in [0.25, 0.3) is 0 Å². The number of nitrogens with two attached hydrogens (primary N) is 1. The lowest BCUT2D eigenvalue weighted by Gasteiger charge is -2.25. The molecule has 1 amide bonds. The Hall–Kier alpha value is -0.910. The fraction of sp³-hybridized carbons (Fsp3) is 0.833. The van der Waals surface area contributed by atoms with Gasteiger partial charge in [-0.2, -0.15) is 11.8 Å². The van der Waals surface area contributed by atoms with Crippen LogP contribution in [0.1, 0.15) is 33.1 Å². The van der Waals surface area contributed by atoms with Crippen molar-refractivity contribution in [1.82, 2.24) is 5.32 Å². The van der Waals surface area contributed by atoms with Crippen molar-refractivity contribution < 1.29 is 10.0 Å². The van der Waals surface area contributed by atoms with E-state index in [1.54, 1.807) is 0 Å². The molecule has 1 saturated heterocycles. The molecule has 0 aromatic heterocycles. The molecule has 0 aliphatic carbocycles. The second-order valence-corrected chi connectivity index (χ2v) is 6.63. The fourth-order valence-corrected chi connectivity index (χ4v) is 3.03. The van der Waals surface area contributed by atoms with E-state index in [0.717, 1.165) is 24.3 Å². The molecule has 0 radical (unpaired) electrons. The second-order valence-electron chi connectivity index (χ2n) is 5.41. The summed E-state index contributed by atoms with van der Waals surface area (Å²) in [6, 6.07) is 0. The Balaban J connectivity index is 2.32. The molecule has 6 heteroatoms. The van der Waals surface area contributed by atoms with Gasteiger partial charge in [0.05, 0.1) is 0 Å². The summed E-state index contributed by atoms with van der Waals surface area (Å²) in [4.78, 5) is 11.8. The highest BCUT2D eigenvalue weighted by Gasteiger charge is 2.25. The normalized spacial score (nSPS) is 18.7. The molecule has 1 heterocycles. The van der Waals surface area contributed by atoms with Crippen LogP contribution in [-0.4, -0.2) is 35.0 Å². The van der Waals surface area contributed by atoms with E-state index in [1.807, 2.05) is 25.6 Å². The highest BCUT2D eigenvalue weighted by Crippen LogP contribution is 2.25. The number of hydrogen-bond donors (Lipinski definition) is 3. The first kappa shape index (κ1) is 15.1. The van der Waals surface area contributed by atoms with Crippen molar-refractivity contribution in [3.05, 3.63) is 0 Å². The summed E-state index contributed by atoms with van der Waals surface area (Å²) in [5, 5.41) is 14.5. The Morgan fingerprint density at radius 3 is 2.67 bits per heavy atom. The predicted octanol–water partition coefficient (Wildman–Crippen LogP) is 1.41. The number of nitrogens with zero attached hydrogens (tertiary/aromatic N) is 1. The number of amidine groups is 1. The number of nitrogens with one attached hydrogen (secondary N) is 1. The van der Waals surface area contributed by atoms with Gasteiger partial charge in [0.1, 0.15) is 5.84 Å². The summed E-state index contributed by atoms with van der Waals surface area (Å²) in [6.45, 7) is 4.06. The van der Waals surface area contributed by atoms with Crippen LogP contribution >= 0.6 is 11.8 Å². The first-order valence-electron chi connectivity index (χ1n) is 6.28. The van der Waals surface area contributed by atoms with Gasteiger partial charge < -0.3 is 16.3 Å². The lowest BCUT2D eigenvalue weighted by Crippen LogP contribution is -2.43. The van der Waals surface area contributed by atoms with E-state index in [4.69, 9.17) is 10.9 Å². The maximum atomic E-state index is 11.8. The number of carbonyl (C=O) groups excluding carboxylic acids is 1. The highest BCUT2D eigenvalue weighted by atomic mass is 32.2. The molecule has 1 fully saturated rings. The molecular weight excluding hydrogens is 250 g/mol. The minimum Gasteiger partial charge on any atom is -0.409 e. The Morgan fingerprint density at radius 2 is 2.11 bits per heavy atom. The Bertz CT molecular complexity index is 312. The summed E-state index contributed by atoms with van der Waals surface area (Å²) in [6.07, 6.45) is 2.84. The van der Waals surface area contributed by atoms with Gasteiger partial charge in [-0.05, 0) is 30.3 Å². The van der Waals surface area contributed by atoms with Crippen molar-refractivity contribution in [1.29, 1.82) is 0 Å². The molecule has 104 valence electrons. The molecule has 5 nitrogen and oxygen atoms in total. The van der Waals surface area contributed by atoms with Gasteiger partial charge in [0, 0.05) is 18.4 Å². The third kappa shape index (κ3) is 4.76. The van der Waals surface area contributed by atoms with Crippen molar-refractivity contribution >= 4 is 23.5 Å². The number of carbonyl (C=O) groups is 1. The summed E-state index contributed by atoms with van der Waals surface area (Å²) in [5.41, 5.74) is 5.05. The largest absolute Gasteiger partial charge is 0.409 e. The van der Waals surface area contributed by atoms with E-state index >= 15 is 0 Å². The van der Waals surface area contributed by atoms with Gasteiger partial charge in [-0.1, -0.05) is 19.0 Å². The van der Waals surface area contributed by atoms with Gasteiger partial charge in [-0.3, -0.25) is 4.79 Å². The zero-order chi connectivity index (χ0) is 13.6. The molecule has 0 atom stereocenters. The highest BCUT2D eigenvalue weighted by molar-refractivity contribution is 7.99. The van der Waals surface area contributed by atoms with Gasteiger partial charge >= 0.3 is 0 Å². The van der Waals surface area contributed by atoms with Crippen LogP contribution in [0.3, 0.4) is 0 Å². The van der Waals surface area contributed by atoms with Crippen LogP contribution in [-0.2, 0) is 4.79 Å². The Morgan fingerprint density at radius 1 is 1.50 bits per heavy atom. The summed E-state index contributed by atoms with van der Waals surface area (Å²) < 4.78 is 0. The van der Waals surface area contributed by atoms with Crippen molar-refractivity contribution in [2.75, 3.05) is 18.1 Å². The Labute approximate surface area is 113 Å². The van der Waals surface area contributed by atoms with Crippen molar-refractivity contribution in [3.8, 4) is 0 Å². The van der Waals surface area contributed by atoms with Crippen LogP contribution in [0.2, 0.25) is 0 Å². The van der Waals surface area contributed by atoms with Gasteiger partial charge in [-0.15, -0.1) is 0 Å². The lowest BCUT2D eigenvalue weighted by molar-refractivity contribution is -0.122. The molecule has 0 bridgehead atoms. The van der Waals surface area contributed by atoms with E-state index in [1.165, 1.54) is 0 Å². The average molecular weight is 273 g/mol. The molecule has 1 rings (SSSR count). The van der Waals surface area contributed by atoms with E-state index in [0.29, 0.717) is 18.9 Å². The van der Waals surface area contributed by atoms with E-state index in [-0.39, 0.29) is 11.7 Å². The molecule has 4 N–H and O–H groups in total. The maximum Gasteiger partial charge on any atom is 0.220 e. The number of oxime groups is 1. The molecule has 18 heavy (non-hydrogen) atoms. The molecule has 0 aromatic rings. The molecule has 0 spiro atoms. The average Bonchev–Trinajstić information content (AvgIpc) is 2.36. The van der Waals surface area contributed by atoms with Gasteiger partial charge in [0.15, 0.2) is 0 Å². The number of rotatable bonds is 5. The first-order valence-corrected chi connectivity index (χ1v) is 7.43. The summed E-state index contributed by atoms with van der Waals surface area (Å²) in [7, 11) is 0. The second kappa shape index (κ2) is 6.87. The Kier molecular flexibility index (Phi) is 5.78. The quantitative estimate of drug-likeness (QED) is 0.306. The standard InChI is InChI=1S/C12H23N3O2S/c1-12(2,11(13)15-17)8-14-10(16)7-9-3-5-18-6-4-9/h9,17H,3-8H2,1-2H3,(H2,13,15)(H,14,16). The first-order chi connectivity index (χ1) is 8.45. The van der Waals surface area contributed by atoms with Crippen LogP contribution in [0, 0.1) is 11.3 Å².